The highest BCUT2D eigenvalue weighted by atomic mass is 16.6. The molecular weight excluding hydrogens is 256 g/mol. The van der Waals surface area contributed by atoms with Gasteiger partial charge in [-0.25, -0.2) is 0 Å². The molecule has 19 heavy (non-hydrogen) atoms. The van der Waals surface area contributed by atoms with Crippen LogP contribution in [0.5, 0.6) is 0 Å². The van der Waals surface area contributed by atoms with Crippen molar-refractivity contribution in [2.45, 2.75) is 27.2 Å². The Morgan fingerprint density at radius 1 is 0.789 bits per heavy atom. The summed E-state index contributed by atoms with van der Waals surface area (Å²) >= 11 is 0. The smallest absolute Gasteiger partial charge is 0.328 e. The highest BCUT2D eigenvalue weighted by Crippen LogP contribution is 2.09. The minimum atomic E-state index is -1.73. The maximum Gasteiger partial charge on any atom is 0.328 e. The molecule has 0 aromatic rings. The Morgan fingerprint density at radius 2 is 1.21 bits per heavy atom. The quantitative estimate of drug-likeness (QED) is 0.355. The fourth-order valence-electron chi connectivity index (χ4n) is 1.27. The number of hydrogen-bond donors (Lipinski definition) is 0. The van der Waals surface area contributed by atoms with Crippen molar-refractivity contribution in [2.75, 3.05) is 19.8 Å². The maximum atomic E-state index is 11.8. The monoisotopic (exact) mass is 274 g/mol. The Morgan fingerprint density at radius 3 is 1.58 bits per heavy atom. The molecular formula is C12H18O7. The molecule has 7 heteroatoms. The van der Waals surface area contributed by atoms with Crippen molar-refractivity contribution < 1.29 is 33.4 Å². The first-order valence-electron chi connectivity index (χ1n) is 5.99. The van der Waals surface area contributed by atoms with Crippen LogP contribution in [0.3, 0.4) is 0 Å². The highest BCUT2D eigenvalue weighted by Gasteiger charge is 2.37. The number of carbonyl (C=O) groups excluding carboxylic acids is 4. The van der Waals surface area contributed by atoms with Gasteiger partial charge in [-0.3, -0.25) is 19.2 Å². The fourth-order valence-corrected chi connectivity index (χ4v) is 1.27. The summed E-state index contributed by atoms with van der Waals surface area (Å²) in [4.78, 5) is 46.0. The molecule has 108 valence electrons. The van der Waals surface area contributed by atoms with Crippen LogP contribution in [-0.2, 0) is 33.4 Å². The molecule has 0 aliphatic rings. The van der Waals surface area contributed by atoms with Crippen molar-refractivity contribution in [1.82, 2.24) is 0 Å². The molecule has 0 N–H and O–H groups in total. The van der Waals surface area contributed by atoms with E-state index in [1.54, 1.807) is 6.92 Å². The first-order valence-corrected chi connectivity index (χ1v) is 5.99. The molecule has 0 heterocycles. The van der Waals surface area contributed by atoms with Crippen LogP contribution < -0.4 is 0 Å². The average Bonchev–Trinajstić information content (AvgIpc) is 2.29. The predicted molar refractivity (Wildman–Crippen MR) is 63.0 cm³/mol. The van der Waals surface area contributed by atoms with E-state index in [-0.39, 0.29) is 19.8 Å². The summed E-state index contributed by atoms with van der Waals surface area (Å²) in [5.41, 5.74) is 0. The van der Waals surface area contributed by atoms with E-state index in [9.17, 15) is 19.2 Å². The van der Waals surface area contributed by atoms with Gasteiger partial charge in [0.15, 0.2) is 5.78 Å². The second kappa shape index (κ2) is 9.07. The van der Waals surface area contributed by atoms with Crippen LogP contribution in [0.4, 0.5) is 0 Å². The summed E-state index contributed by atoms with van der Waals surface area (Å²) in [5.74, 6) is -5.46. The van der Waals surface area contributed by atoms with Crippen molar-refractivity contribution in [1.29, 1.82) is 0 Å². The number of ether oxygens (including phenoxy) is 3. The molecule has 7 nitrogen and oxygen atoms in total. The van der Waals surface area contributed by atoms with Crippen molar-refractivity contribution >= 4 is 23.7 Å². The second-order valence-electron chi connectivity index (χ2n) is 3.39. The van der Waals surface area contributed by atoms with Crippen LogP contribution in [0.25, 0.3) is 0 Å². The van der Waals surface area contributed by atoms with Gasteiger partial charge in [-0.2, -0.15) is 0 Å². The van der Waals surface area contributed by atoms with Gasteiger partial charge in [-0.15, -0.1) is 0 Å². The van der Waals surface area contributed by atoms with Gasteiger partial charge in [-0.05, 0) is 20.8 Å². The third-order valence-electron chi connectivity index (χ3n) is 1.99. The lowest BCUT2D eigenvalue weighted by atomic mass is 10.0. The zero-order chi connectivity index (χ0) is 14.8. The van der Waals surface area contributed by atoms with Gasteiger partial charge in [0.05, 0.1) is 19.8 Å². The molecule has 0 bridgehead atoms. The molecule has 0 radical (unpaired) electrons. The summed E-state index contributed by atoms with van der Waals surface area (Å²) in [7, 11) is 0. The minimum absolute atomic E-state index is 0.0153. The van der Waals surface area contributed by atoms with Gasteiger partial charge in [0.25, 0.3) is 0 Å². The molecule has 0 saturated carbocycles. The Balaban J connectivity index is 4.81. The molecule has 0 spiro atoms. The van der Waals surface area contributed by atoms with Gasteiger partial charge in [0.2, 0.25) is 5.92 Å². The minimum Gasteiger partial charge on any atom is -0.466 e. The van der Waals surface area contributed by atoms with E-state index in [0.717, 1.165) is 0 Å². The number of Topliss-reactive ketones (excluding diaryl/α,β-unsaturated/α-hetero) is 1. The van der Waals surface area contributed by atoms with Gasteiger partial charge in [0.1, 0.15) is 6.42 Å². The van der Waals surface area contributed by atoms with Gasteiger partial charge in [0, 0.05) is 0 Å². The zero-order valence-corrected chi connectivity index (χ0v) is 11.3. The first-order chi connectivity index (χ1) is 8.97. The van der Waals surface area contributed by atoms with Crippen LogP contribution >= 0.6 is 0 Å². The van der Waals surface area contributed by atoms with Crippen molar-refractivity contribution in [3.8, 4) is 0 Å². The highest BCUT2D eigenvalue weighted by molar-refractivity contribution is 6.18. The molecule has 0 rings (SSSR count). The summed E-state index contributed by atoms with van der Waals surface area (Å²) in [6, 6.07) is 0. The summed E-state index contributed by atoms with van der Waals surface area (Å²) in [6.07, 6.45) is -0.671. The van der Waals surface area contributed by atoms with E-state index in [1.165, 1.54) is 13.8 Å². The number of esters is 3. The lowest BCUT2D eigenvalue weighted by Crippen LogP contribution is -2.36. The number of carbonyl (C=O) groups is 4. The molecule has 0 fully saturated rings. The zero-order valence-electron chi connectivity index (χ0n) is 11.3. The van der Waals surface area contributed by atoms with Crippen molar-refractivity contribution in [2.24, 2.45) is 5.92 Å². The van der Waals surface area contributed by atoms with Gasteiger partial charge >= 0.3 is 17.9 Å². The van der Waals surface area contributed by atoms with E-state index in [0.29, 0.717) is 0 Å². The average molecular weight is 274 g/mol. The third kappa shape index (κ3) is 5.98. The van der Waals surface area contributed by atoms with Crippen LogP contribution in [0.1, 0.15) is 27.2 Å². The molecule has 0 unspecified atom stereocenters. The van der Waals surface area contributed by atoms with Gasteiger partial charge in [-0.1, -0.05) is 0 Å². The van der Waals surface area contributed by atoms with E-state index < -0.39 is 36.0 Å². The largest absolute Gasteiger partial charge is 0.466 e. The molecule has 0 aliphatic carbocycles. The van der Waals surface area contributed by atoms with Crippen molar-refractivity contribution in [3.63, 3.8) is 0 Å². The topological polar surface area (TPSA) is 96.0 Å². The second-order valence-corrected chi connectivity index (χ2v) is 3.39. The van der Waals surface area contributed by atoms with E-state index >= 15 is 0 Å². The molecule has 0 saturated heterocycles. The number of ketones is 1. The Bertz CT molecular complexity index is 330. The molecule has 0 aromatic carbocycles. The number of hydrogen-bond acceptors (Lipinski definition) is 7. The molecule has 0 amide bonds. The van der Waals surface area contributed by atoms with Crippen LogP contribution in [-0.4, -0.2) is 43.5 Å². The predicted octanol–water partition coefficient (Wildman–Crippen LogP) is 0.251. The molecule has 0 atom stereocenters. The fraction of sp³-hybridized carbons (Fsp3) is 0.667. The van der Waals surface area contributed by atoms with E-state index in [2.05, 4.69) is 14.2 Å². The Labute approximate surface area is 111 Å². The van der Waals surface area contributed by atoms with Crippen LogP contribution in [0, 0.1) is 5.92 Å². The SMILES string of the molecule is CCOC(=O)CC(=O)C(C(=O)OCC)C(=O)OCC. The Hall–Kier alpha value is -1.92. The molecule has 0 aliphatic heterocycles. The summed E-state index contributed by atoms with van der Waals surface area (Å²) in [6.45, 7) is 4.79. The van der Waals surface area contributed by atoms with Crippen molar-refractivity contribution in [3.05, 3.63) is 0 Å². The lowest BCUT2D eigenvalue weighted by molar-refractivity contribution is -0.164. The standard InChI is InChI=1S/C12H18O7/c1-4-17-9(14)7-8(13)10(11(15)18-5-2)12(16)19-6-3/h10H,4-7H2,1-3H3. The summed E-state index contributed by atoms with van der Waals surface area (Å²) < 4.78 is 13.8. The Kier molecular flexibility index (Phi) is 8.15. The normalized spacial score (nSPS) is 9.89. The maximum absolute atomic E-state index is 11.8. The lowest BCUT2D eigenvalue weighted by Gasteiger charge is -2.12. The van der Waals surface area contributed by atoms with Crippen LogP contribution in [0.15, 0.2) is 0 Å². The van der Waals surface area contributed by atoms with E-state index in [1.807, 2.05) is 0 Å². The van der Waals surface area contributed by atoms with Gasteiger partial charge < -0.3 is 14.2 Å². The summed E-state index contributed by atoms with van der Waals surface area (Å²) in [5, 5.41) is 0. The first kappa shape index (κ1) is 17.1. The van der Waals surface area contributed by atoms with Crippen LogP contribution in [0.2, 0.25) is 0 Å². The number of rotatable bonds is 8. The van der Waals surface area contributed by atoms with E-state index in [4.69, 9.17) is 0 Å². The third-order valence-corrected chi connectivity index (χ3v) is 1.99. The molecule has 0 aromatic heterocycles.